The van der Waals surface area contributed by atoms with Crippen molar-refractivity contribution in [2.75, 3.05) is 12.4 Å². The Bertz CT molecular complexity index is 833. The number of benzene rings is 1. The molecule has 0 aliphatic carbocycles. The van der Waals surface area contributed by atoms with Gasteiger partial charge in [-0.15, -0.1) is 0 Å². The van der Waals surface area contributed by atoms with Crippen molar-refractivity contribution in [3.05, 3.63) is 47.1 Å². The van der Waals surface area contributed by atoms with Crippen LogP contribution in [0.1, 0.15) is 10.4 Å². The monoisotopic (exact) mass is 357 g/mol. The van der Waals surface area contributed by atoms with E-state index in [0.29, 0.717) is 0 Å². The van der Waals surface area contributed by atoms with E-state index < -0.39 is 22.0 Å². The van der Waals surface area contributed by atoms with Crippen LogP contribution in [-0.4, -0.2) is 32.5 Å². The Morgan fingerprint density at radius 1 is 1.26 bits per heavy atom. The summed E-state index contributed by atoms with van der Waals surface area (Å²) in [5.41, 5.74) is 0.0489. The predicted octanol–water partition coefficient (Wildman–Crippen LogP) is 1.97. The predicted molar refractivity (Wildman–Crippen MR) is 82.9 cm³/mol. The number of carbonyl (C=O) groups is 2. The zero-order chi connectivity index (χ0) is 17.0. The number of methoxy groups -OCH3 is 1. The van der Waals surface area contributed by atoms with Crippen LogP contribution in [0.2, 0.25) is 5.02 Å². The second kappa shape index (κ2) is 6.71. The first-order valence-corrected chi connectivity index (χ1v) is 8.04. The van der Waals surface area contributed by atoms with Crippen LogP contribution in [-0.2, 0) is 14.8 Å². The first-order valence-electron chi connectivity index (χ1n) is 6.18. The number of ether oxygens (including phenoxy) is 1. The summed E-state index contributed by atoms with van der Waals surface area (Å²) in [6.45, 7) is 0. The Morgan fingerprint density at radius 2 is 2.00 bits per heavy atom. The van der Waals surface area contributed by atoms with Gasteiger partial charge in [-0.2, -0.15) is 8.42 Å². The lowest BCUT2D eigenvalue weighted by molar-refractivity contribution is 0.0602. The van der Waals surface area contributed by atoms with E-state index >= 15 is 0 Å². The number of sulfonamides is 1. The normalized spacial score (nSPS) is 10.9. The number of hydrogen-bond acceptors (Lipinski definition) is 5. The van der Waals surface area contributed by atoms with E-state index in [1.807, 2.05) is 0 Å². The molecule has 0 saturated heterocycles. The Labute approximate surface area is 136 Å². The maximum atomic E-state index is 11.9. The fourth-order valence-electron chi connectivity index (χ4n) is 1.71. The third kappa shape index (κ3) is 4.02. The van der Waals surface area contributed by atoms with Crippen molar-refractivity contribution in [3.63, 3.8) is 0 Å². The Balaban J connectivity index is 2.21. The van der Waals surface area contributed by atoms with Crippen molar-refractivity contribution in [1.29, 1.82) is 0 Å². The van der Waals surface area contributed by atoms with Crippen molar-refractivity contribution in [1.82, 2.24) is 9.71 Å². The van der Waals surface area contributed by atoms with Crippen LogP contribution < -0.4 is 10.0 Å². The molecule has 0 aliphatic rings. The highest BCUT2D eigenvalue weighted by atomic mass is 35.5. The van der Waals surface area contributed by atoms with Gasteiger partial charge in [0.2, 0.25) is 0 Å². The highest BCUT2D eigenvalue weighted by Gasteiger charge is 2.20. The summed E-state index contributed by atoms with van der Waals surface area (Å²) in [5, 5.41) is 2.33. The van der Waals surface area contributed by atoms with Gasteiger partial charge in [0.15, 0.2) is 5.03 Å². The fraction of sp³-hybridized carbons (Fsp3) is 0.0769. The van der Waals surface area contributed by atoms with E-state index in [1.54, 1.807) is 4.72 Å². The van der Waals surface area contributed by atoms with E-state index in [-0.39, 0.29) is 21.3 Å². The molecule has 1 aromatic heterocycles. The minimum Gasteiger partial charge on any atom is -0.465 e. The number of hydrogen-bond donors (Lipinski definition) is 3. The lowest BCUT2D eigenvalue weighted by atomic mass is 10.2. The van der Waals surface area contributed by atoms with Gasteiger partial charge in [0.1, 0.15) is 0 Å². The molecule has 8 nitrogen and oxygen atoms in total. The van der Waals surface area contributed by atoms with Crippen molar-refractivity contribution in [3.8, 4) is 0 Å². The van der Waals surface area contributed by atoms with Crippen LogP contribution in [0.4, 0.5) is 10.5 Å². The van der Waals surface area contributed by atoms with E-state index in [2.05, 4.69) is 15.0 Å². The SMILES string of the molecule is COC(=O)c1ccc(Cl)cc1NC(=O)NS(=O)(=O)c1ccc[nH]1. The van der Waals surface area contributed by atoms with Gasteiger partial charge in [0, 0.05) is 11.2 Å². The number of aromatic nitrogens is 1. The van der Waals surface area contributed by atoms with Crippen LogP contribution in [0.15, 0.2) is 41.6 Å². The van der Waals surface area contributed by atoms with Crippen molar-refractivity contribution in [2.24, 2.45) is 0 Å². The topological polar surface area (TPSA) is 117 Å². The van der Waals surface area contributed by atoms with Gasteiger partial charge in [0.25, 0.3) is 10.0 Å². The standard InChI is InChI=1S/C13H12ClN3O5S/c1-22-12(18)9-5-4-8(14)7-10(9)16-13(19)17-23(20,21)11-3-2-6-15-11/h2-7,15H,1H3,(H2,16,17,19). The number of rotatable bonds is 4. The number of aromatic amines is 1. The van der Waals surface area contributed by atoms with Gasteiger partial charge in [0.05, 0.1) is 18.4 Å². The molecule has 122 valence electrons. The fourth-order valence-corrected chi connectivity index (χ4v) is 2.77. The van der Waals surface area contributed by atoms with Crippen molar-refractivity contribution >= 4 is 39.3 Å². The molecule has 0 saturated carbocycles. The van der Waals surface area contributed by atoms with Crippen LogP contribution in [0.3, 0.4) is 0 Å². The third-order valence-corrected chi connectivity index (χ3v) is 4.24. The summed E-state index contributed by atoms with van der Waals surface area (Å²) in [7, 11) is -2.87. The molecule has 3 N–H and O–H groups in total. The van der Waals surface area contributed by atoms with E-state index in [4.69, 9.17) is 11.6 Å². The lowest BCUT2D eigenvalue weighted by Crippen LogP contribution is -2.35. The average molecular weight is 358 g/mol. The summed E-state index contributed by atoms with van der Waals surface area (Å²) >= 11 is 5.82. The molecule has 2 amide bonds. The molecule has 0 radical (unpaired) electrons. The third-order valence-electron chi connectivity index (χ3n) is 2.72. The number of anilines is 1. The van der Waals surface area contributed by atoms with Gasteiger partial charge < -0.3 is 15.0 Å². The second-order valence-electron chi connectivity index (χ2n) is 4.28. The molecule has 0 aliphatic heterocycles. The highest BCUT2D eigenvalue weighted by Crippen LogP contribution is 2.22. The van der Waals surface area contributed by atoms with Gasteiger partial charge in [-0.3, -0.25) is 0 Å². The Morgan fingerprint density at radius 3 is 2.61 bits per heavy atom. The quantitative estimate of drug-likeness (QED) is 0.723. The second-order valence-corrected chi connectivity index (χ2v) is 6.36. The number of amides is 2. The number of nitrogens with one attached hydrogen (secondary N) is 3. The molecule has 0 unspecified atom stereocenters. The molecule has 0 bridgehead atoms. The molecular weight excluding hydrogens is 346 g/mol. The summed E-state index contributed by atoms with van der Waals surface area (Å²) in [6, 6.07) is 5.80. The molecule has 2 aromatic rings. The molecule has 1 aromatic carbocycles. The van der Waals surface area contributed by atoms with Crippen LogP contribution in [0, 0.1) is 0 Å². The van der Waals surface area contributed by atoms with Crippen molar-refractivity contribution < 1.29 is 22.7 Å². The van der Waals surface area contributed by atoms with Gasteiger partial charge >= 0.3 is 12.0 Å². The van der Waals surface area contributed by atoms with E-state index in [1.165, 1.54) is 43.6 Å². The largest absolute Gasteiger partial charge is 0.465 e. The minimum absolute atomic E-state index is 0.0172. The Kier molecular flexibility index (Phi) is 4.92. The summed E-state index contributed by atoms with van der Waals surface area (Å²) < 4.78 is 30.2. The van der Waals surface area contributed by atoms with Crippen LogP contribution in [0.25, 0.3) is 0 Å². The molecule has 23 heavy (non-hydrogen) atoms. The van der Waals surface area contributed by atoms with Crippen molar-refractivity contribution in [2.45, 2.75) is 5.03 Å². The molecule has 2 rings (SSSR count). The minimum atomic E-state index is -4.05. The van der Waals surface area contributed by atoms with Crippen LogP contribution in [0.5, 0.6) is 0 Å². The zero-order valence-corrected chi connectivity index (χ0v) is 13.4. The molecule has 1 heterocycles. The van der Waals surface area contributed by atoms with E-state index in [9.17, 15) is 18.0 Å². The maximum absolute atomic E-state index is 11.9. The number of esters is 1. The smallest absolute Gasteiger partial charge is 0.339 e. The molecule has 0 spiro atoms. The number of H-pyrrole nitrogens is 1. The van der Waals surface area contributed by atoms with Gasteiger partial charge in [-0.1, -0.05) is 11.6 Å². The highest BCUT2D eigenvalue weighted by molar-refractivity contribution is 7.90. The number of urea groups is 1. The summed E-state index contributed by atoms with van der Waals surface area (Å²) in [6.07, 6.45) is 1.40. The molecule has 0 atom stereocenters. The summed E-state index contributed by atoms with van der Waals surface area (Å²) in [5.74, 6) is -0.704. The maximum Gasteiger partial charge on any atom is 0.339 e. The first kappa shape index (κ1) is 16.8. The number of carbonyl (C=O) groups excluding carboxylic acids is 2. The Hall–Kier alpha value is -2.52. The number of halogens is 1. The molecule has 10 heteroatoms. The lowest BCUT2D eigenvalue weighted by Gasteiger charge is -2.11. The zero-order valence-electron chi connectivity index (χ0n) is 11.8. The molecule has 0 fully saturated rings. The van der Waals surface area contributed by atoms with Crippen LogP contribution >= 0.6 is 11.6 Å². The van der Waals surface area contributed by atoms with Gasteiger partial charge in [-0.05, 0) is 30.3 Å². The molecular formula is C13H12ClN3O5S. The first-order chi connectivity index (χ1) is 10.8. The van der Waals surface area contributed by atoms with E-state index in [0.717, 1.165) is 0 Å². The van der Waals surface area contributed by atoms with Gasteiger partial charge in [-0.25, -0.2) is 14.3 Å². The average Bonchev–Trinajstić information content (AvgIpc) is 3.01. The summed E-state index contributed by atoms with van der Waals surface area (Å²) in [4.78, 5) is 26.0.